The molecule has 0 bridgehead atoms. The number of hydrogen-bond donors (Lipinski definition) is 1. The Morgan fingerprint density at radius 3 is 2.48 bits per heavy atom. The summed E-state index contributed by atoms with van der Waals surface area (Å²) in [5.74, 6) is 0.670. The van der Waals surface area contributed by atoms with Gasteiger partial charge in [-0.05, 0) is 43.5 Å². The number of carbonyl (C=O) groups excluding carboxylic acids is 1. The van der Waals surface area contributed by atoms with Crippen LogP contribution in [0.4, 0.5) is 0 Å². The van der Waals surface area contributed by atoms with Crippen LogP contribution in [0.3, 0.4) is 0 Å². The molecule has 1 N–H and O–H groups in total. The van der Waals surface area contributed by atoms with Gasteiger partial charge in [-0.1, -0.05) is 48.0 Å². The minimum atomic E-state index is -0.213. The monoisotopic (exact) mass is 384 g/mol. The van der Waals surface area contributed by atoms with Crippen molar-refractivity contribution in [3.05, 3.63) is 71.5 Å². The second kappa shape index (κ2) is 7.51. The zero-order valence-electron chi connectivity index (χ0n) is 17.2. The summed E-state index contributed by atoms with van der Waals surface area (Å²) in [6.45, 7) is 7.10. The lowest BCUT2D eigenvalue weighted by molar-refractivity contribution is 0.0958. The molecule has 0 aliphatic carbocycles. The van der Waals surface area contributed by atoms with Crippen LogP contribution in [-0.2, 0) is 6.54 Å². The number of pyridine rings is 1. The van der Waals surface area contributed by atoms with Gasteiger partial charge in [0, 0.05) is 19.2 Å². The van der Waals surface area contributed by atoms with Gasteiger partial charge in [0.25, 0.3) is 5.91 Å². The topological polar surface area (TPSA) is 59.8 Å². The summed E-state index contributed by atoms with van der Waals surface area (Å²) in [6.07, 6.45) is 1.74. The summed E-state index contributed by atoms with van der Waals surface area (Å²) in [5.41, 5.74) is 7.96. The van der Waals surface area contributed by atoms with E-state index in [-0.39, 0.29) is 5.91 Å². The number of fused-ring (bicyclic) bond motifs is 1. The van der Waals surface area contributed by atoms with E-state index in [9.17, 15) is 4.79 Å². The van der Waals surface area contributed by atoms with E-state index in [1.807, 2.05) is 6.07 Å². The first-order chi connectivity index (χ1) is 14.0. The lowest BCUT2D eigenvalue weighted by atomic mass is 9.94. The Morgan fingerprint density at radius 2 is 1.79 bits per heavy atom. The summed E-state index contributed by atoms with van der Waals surface area (Å²) < 4.78 is 2.15. The third-order valence-corrected chi connectivity index (χ3v) is 5.25. The van der Waals surface area contributed by atoms with Gasteiger partial charge in [-0.15, -0.1) is 0 Å². The Labute approximate surface area is 170 Å². The van der Waals surface area contributed by atoms with Crippen LogP contribution in [0.25, 0.3) is 33.5 Å². The summed E-state index contributed by atoms with van der Waals surface area (Å²) in [4.78, 5) is 21.2. The Bertz CT molecular complexity index is 1220. The molecule has 0 radical (unpaired) electrons. The van der Waals surface area contributed by atoms with E-state index in [0.717, 1.165) is 34.5 Å². The maximum Gasteiger partial charge on any atom is 0.269 e. The van der Waals surface area contributed by atoms with Crippen molar-refractivity contribution in [1.82, 2.24) is 19.9 Å². The Balaban J connectivity index is 1.94. The summed E-state index contributed by atoms with van der Waals surface area (Å²) in [6, 6.07) is 16.6. The van der Waals surface area contributed by atoms with Crippen molar-refractivity contribution in [3.8, 4) is 22.5 Å². The van der Waals surface area contributed by atoms with Gasteiger partial charge < -0.3 is 9.88 Å². The van der Waals surface area contributed by atoms with Crippen molar-refractivity contribution < 1.29 is 4.79 Å². The van der Waals surface area contributed by atoms with Crippen molar-refractivity contribution in [2.24, 2.45) is 0 Å². The maximum atomic E-state index is 12.0. The lowest BCUT2D eigenvalue weighted by Crippen LogP contribution is -2.19. The fourth-order valence-electron chi connectivity index (χ4n) is 3.83. The molecule has 5 heteroatoms. The number of nitrogens with zero attached hydrogens (tertiary/aromatic N) is 3. The van der Waals surface area contributed by atoms with Gasteiger partial charge >= 0.3 is 0 Å². The van der Waals surface area contributed by atoms with Crippen molar-refractivity contribution >= 4 is 16.9 Å². The highest BCUT2D eigenvalue weighted by atomic mass is 16.1. The third kappa shape index (κ3) is 3.29. The minimum absolute atomic E-state index is 0.213. The fraction of sp³-hybridized carbons (Fsp3) is 0.208. The summed E-state index contributed by atoms with van der Waals surface area (Å²) in [5, 5.41) is 2.62. The largest absolute Gasteiger partial charge is 0.354 e. The van der Waals surface area contributed by atoms with Crippen LogP contribution in [-0.4, -0.2) is 27.5 Å². The van der Waals surface area contributed by atoms with Crippen LogP contribution in [0.15, 0.2) is 54.7 Å². The molecule has 4 aromatic rings. The molecule has 0 atom stereocenters. The fourth-order valence-corrected chi connectivity index (χ4v) is 3.83. The van der Waals surface area contributed by atoms with Crippen LogP contribution < -0.4 is 5.32 Å². The molecule has 2 aromatic heterocycles. The van der Waals surface area contributed by atoms with Gasteiger partial charge in [-0.3, -0.25) is 4.79 Å². The molecular weight excluding hydrogens is 360 g/mol. The van der Waals surface area contributed by atoms with E-state index in [4.69, 9.17) is 4.98 Å². The molecule has 1 amide bonds. The number of amides is 1. The molecule has 2 heterocycles. The highest BCUT2D eigenvalue weighted by Crippen LogP contribution is 2.35. The molecular formula is C24H24N4O. The molecule has 2 aromatic carbocycles. The van der Waals surface area contributed by atoms with Gasteiger partial charge in [-0.2, -0.15) is 0 Å². The first kappa shape index (κ1) is 18.9. The Morgan fingerprint density at radius 1 is 1.03 bits per heavy atom. The van der Waals surface area contributed by atoms with E-state index in [0.29, 0.717) is 5.69 Å². The van der Waals surface area contributed by atoms with Gasteiger partial charge in [-0.25, -0.2) is 9.97 Å². The molecule has 5 nitrogen and oxygen atoms in total. The SMILES string of the molecule is CCn1c(-c2ccccc2-c2ccc(C)cc2C)nc2cc(C(=O)NC)ncc21. The molecule has 0 aliphatic rings. The highest BCUT2D eigenvalue weighted by molar-refractivity contribution is 5.96. The number of rotatable bonds is 4. The molecule has 0 spiro atoms. The van der Waals surface area contributed by atoms with E-state index in [1.165, 1.54) is 16.7 Å². The van der Waals surface area contributed by atoms with Gasteiger partial charge in [0.05, 0.1) is 17.2 Å². The zero-order chi connectivity index (χ0) is 20.5. The predicted octanol–water partition coefficient (Wildman–Crippen LogP) is 4.76. The maximum absolute atomic E-state index is 12.0. The number of benzene rings is 2. The number of hydrogen-bond acceptors (Lipinski definition) is 3. The number of aromatic nitrogens is 3. The average molecular weight is 384 g/mol. The van der Waals surface area contributed by atoms with Crippen LogP contribution in [0.2, 0.25) is 0 Å². The lowest BCUT2D eigenvalue weighted by Gasteiger charge is -2.13. The number of imidazole rings is 1. The molecule has 0 fully saturated rings. The van der Waals surface area contributed by atoms with Crippen molar-refractivity contribution in [2.75, 3.05) is 7.05 Å². The van der Waals surface area contributed by atoms with Crippen LogP contribution in [0.5, 0.6) is 0 Å². The third-order valence-electron chi connectivity index (χ3n) is 5.25. The number of aryl methyl sites for hydroxylation is 3. The quantitative estimate of drug-likeness (QED) is 0.552. The van der Waals surface area contributed by atoms with Crippen LogP contribution in [0, 0.1) is 13.8 Å². The Hall–Kier alpha value is -3.47. The van der Waals surface area contributed by atoms with E-state index in [1.54, 1.807) is 19.3 Å². The summed E-state index contributed by atoms with van der Waals surface area (Å²) >= 11 is 0. The normalized spacial score (nSPS) is 11.0. The molecule has 29 heavy (non-hydrogen) atoms. The second-order valence-corrected chi connectivity index (χ2v) is 7.18. The molecule has 0 saturated heterocycles. The minimum Gasteiger partial charge on any atom is -0.354 e. The van der Waals surface area contributed by atoms with Crippen molar-refractivity contribution in [3.63, 3.8) is 0 Å². The van der Waals surface area contributed by atoms with Crippen LogP contribution >= 0.6 is 0 Å². The first-order valence-electron chi connectivity index (χ1n) is 9.79. The molecule has 4 rings (SSSR count). The number of nitrogens with one attached hydrogen (secondary N) is 1. The van der Waals surface area contributed by atoms with Crippen molar-refractivity contribution in [2.45, 2.75) is 27.3 Å². The van der Waals surface area contributed by atoms with Gasteiger partial charge in [0.15, 0.2) is 0 Å². The van der Waals surface area contributed by atoms with E-state index >= 15 is 0 Å². The van der Waals surface area contributed by atoms with Crippen LogP contribution in [0.1, 0.15) is 28.5 Å². The highest BCUT2D eigenvalue weighted by Gasteiger charge is 2.18. The Kier molecular flexibility index (Phi) is 4.89. The first-order valence-corrected chi connectivity index (χ1v) is 9.79. The second-order valence-electron chi connectivity index (χ2n) is 7.18. The predicted molar refractivity (Wildman–Crippen MR) is 117 cm³/mol. The van der Waals surface area contributed by atoms with E-state index in [2.05, 4.69) is 72.0 Å². The average Bonchev–Trinajstić information content (AvgIpc) is 3.10. The standard InChI is InChI=1S/C24H24N4O/c1-5-28-22-14-26-21(24(29)25-4)13-20(22)27-23(28)19-9-7-6-8-18(19)17-11-10-15(2)12-16(17)3/h6-14H,5H2,1-4H3,(H,25,29). The van der Waals surface area contributed by atoms with Crippen molar-refractivity contribution in [1.29, 1.82) is 0 Å². The summed E-state index contributed by atoms with van der Waals surface area (Å²) in [7, 11) is 1.60. The smallest absolute Gasteiger partial charge is 0.269 e. The molecule has 0 saturated carbocycles. The zero-order valence-corrected chi connectivity index (χ0v) is 17.2. The number of carbonyl (C=O) groups is 1. The molecule has 146 valence electrons. The van der Waals surface area contributed by atoms with E-state index < -0.39 is 0 Å². The van der Waals surface area contributed by atoms with Gasteiger partial charge in [0.1, 0.15) is 11.5 Å². The molecule has 0 aliphatic heterocycles. The molecule has 0 unspecified atom stereocenters. The van der Waals surface area contributed by atoms with Gasteiger partial charge in [0.2, 0.25) is 0 Å².